The third-order valence-corrected chi connectivity index (χ3v) is 2.37. The molecule has 2 aromatic rings. The SMILES string of the molecule is [3H]c1cc(C)c(C)cc1Oc1ccccc1. The number of para-hydroxylation sites is 1. The molecule has 0 fully saturated rings. The van der Waals surface area contributed by atoms with E-state index in [2.05, 4.69) is 0 Å². The summed E-state index contributed by atoms with van der Waals surface area (Å²) in [5.41, 5.74) is 2.26. The molecule has 76 valence electrons. The van der Waals surface area contributed by atoms with Crippen LogP contribution >= 0.6 is 0 Å². The molecule has 0 atom stereocenters. The van der Waals surface area contributed by atoms with Gasteiger partial charge in [-0.1, -0.05) is 24.3 Å². The molecule has 0 radical (unpaired) electrons. The Kier molecular flexibility index (Phi) is 2.38. The molecule has 0 N–H and O–H groups in total. The van der Waals surface area contributed by atoms with Crippen LogP contribution in [0, 0.1) is 13.8 Å². The summed E-state index contributed by atoms with van der Waals surface area (Å²) in [5.74, 6) is 1.37. The fourth-order valence-electron chi connectivity index (χ4n) is 1.32. The van der Waals surface area contributed by atoms with Gasteiger partial charge in [0.15, 0.2) is 0 Å². The van der Waals surface area contributed by atoms with Crippen LogP contribution in [0.4, 0.5) is 0 Å². The summed E-state index contributed by atoms with van der Waals surface area (Å²) < 4.78 is 13.5. The van der Waals surface area contributed by atoms with E-state index in [0.29, 0.717) is 11.8 Å². The van der Waals surface area contributed by atoms with E-state index in [0.717, 1.165) is 16.9 Å². The predicted molar refractivity (Wildman–Crippen MR) is 62.4 cm³/mol. The Morgan fingerprint density at radius 2 is 1.67 bits per heavy atom. The topological polar surface area (TPSA) is 9.23 Å². The lowest BCUT2D eigenvalue weighted by Gasteiger charge is -2.07. The molecular formula is C14H14O. The highest BCUT2D eigenvalue weighted by molar-refractivity contribution is 5.37. The Labute approximate surface area is 91.7 Å². The molecule has 0 heterocycles. The maximum atomic E-state index is 7.83. The van der Waals surface area contributed by atoms with Crippen molar-refractivity contribution >= 4 is 0 Å². The van der Waals surface area contributed by atoms with E-state index in [1.807, 2.05) is 56.3 Å². The molecule has 2 aromatic carbocycles. The average Bonchev–Trinajstić information content (AvgIpc) is 2.27. The van der Waals surface area contributed by atoms with Gasteiger partial charge in [-0.25, -0.2) is 0 Å². The van der Waals surface area contributed by atoms with Gasteiger partial charge >= 0.3 is 0 Å². The van der Waals surface area contributed by atoms with Gasteiger partial charge in [0.05, 0.1) is 1.37 Å². The summed E-state index contributed by atoms with van der Waals surface area (Å²) in [4.78, 5) is 0. The zero-order chi connectivity index (χ0) is 11.5. The van der Waals surface area contributed by atoms with Gasteiger partial charge < -0.3 is 4.74 Å². The molecule has 0 aliphatic carbocycles. The third-order valence-electron chi connectivity index (χ3n) is 2.37. The number of hydrogen-bond donors (Lipinski definition) is 0. The second-order valence-corrected chi connectivity index (χ2v) is 3.58. The summed E-state index contributed by atoms with van der Waals surface area (Å²) in [6.45, 7) is 4.02. The molecule has 2 rings (SSSR count). The first-order chi connectivity index (χ1) is 7.66. The minimum Gasteiger partial charge on any atom is -0.457 e. The summed E-state index contributed by atoms with van der Waals surface area (Å²) in [6, 6.07) is 13.7. The van der Waals surface area contributed by atoms with Crippen LogP contribution in [0.2, 0.25) is 0 Å². The van der Waals surface area contributed by atoms with Crippen LogP contribution in [0.1, 0.15) is 12.5 Å². The maximum Gasteiger partial charge on any atom is 0.127 e. The fourth-order valence-corrected chi connectivity index (χ4v) is 1.32. The molecule has 0 amide bonds. The Morgan fingerprint density at radius 1 is 0.933 bits per heavy atom. The van der Waals surface area contributed by atoms with Gasteiger partial charge in [0.2, 0.25) is 0 Å². The van der Waals surface area contributed by atoms with E-state index >= 15 is 0 Å². The van der Waals surface area contributed by atoms with Crippen LogP contribution in [-0.4, -0.2) is 0 Å². The second kappa shape index (κ2) is 4.18. The molecule has 0 aromatic heterocycles. The van der Waals surface area contributed by atoms with Crippen molar-refractivity contribution in [2.45, 2.75) is 13.8 Å². The Bertz CT molecular complexity index is 492. The van der Waals surface area contributed by atoms with Crippen molar-refractivity contribution in [1.29, 1.82) is 0 Å². The van der Waals surface area contributed by atoms with Crippen molar-refractivity contribution in [3.05, 3.63) is 59.6 Å². The quantitative estimate of drug-likeness (QED) is 0.709. The number of hydrogen-bond acceptors (Lipinski definition) is 1. The smallest absolute Gasteiger partial charge is 0.127 e. The van der Waals surface area contributed by atoms with Gasteiger partial charge in [-0.2, -0.15) is 0 Å². The first kappa shape index (κ1) is 8.54. The van der Waals surface area contributed by atoms with E-state index < -0.39 is 0 Å². The van der Waals surface area contributed by atoms with Gasteiger partial charge in [0.1, 0.15) is 11.5 Å². The van der Waals surface area contributed by atoms with Crippen molar-refractivity contribution in [1.82, 2.24) is 0 Å². The Balaban J connectivity index is 2.32. The highest BCUT2D eigenvalue weighted by Crippen LogP contribution is 2.22. The minimum absolute atomic E-state index is 0.423. The van der Waals surface area contributed by atoms with E-state index in [4.69, 9.17) is 6.11 Å². The average molecular weight is 200 g/mol. The fraction of sp³-hybridized carbons (Fsp3) is 0.143. The molecule has 1 nitrogen and oxygen atoms in total. The molecule has 1 heteroatoms. The molecule has 0 spiro atoms. The van der Waals surface area contributed by atoms with E-state index in [-0.39, 0.29) is 0 Å². The largest absolute Gasteiger partial charge is 0.457 e. The van der Waals surface area contributed by atoms with E-state index in [9.17, 15) is 0 Å². The predicted octanol–water partition coefficient (Wildman–Crippen LogP) is 4.10. The van der Waals surface area contributed by atoms with Gasteiger partial charge in [0, 0.05) is 0 Å². The lowest BCUT2D eigenvalue weighted by Crippen LogP contribution is -1.86. The molecule has 15 heavy (non-hydrogen) atoms. The van der Waals surface area contributed by atoms with Gasteiger partial charge in [-0.05, 0) is 49.2 Å². The number of rotatable bonds is 2. The van der Waals surface area contributed by atoms with Crippen molar-refractivity contribution in [2.75, 3.05) is 0 Å². The Hall–Kier alpha value is -1.76. The number of ether oxygens (including phenoxy) is 1. The molecule has 0 saturated heterocycles. The standard InChI is InChI=1S/C14H14O/c1-11-8-9-14(10-12(11)2)15-13-6-4-3-5-7-13/h3-10H,1-2H3/i9T. The summed E-state index contributed by atoms with van der Waals surface area (Å²) >= 11 is 0. The lowest BCUT2D eigenvalue weighted by atomic mass is 10.1. The van der Waals surface area contributed by atoms with Gasteiger partial charge in [-0.15, -0.1) is 0 Å². The first-order valence-electron chi connectivity index (χ1n) is 5.47. The highest BCUT2D eigenvalue weighted by atomic mass is 16.5. The molecule has 0 aliphatic rings. The van der Waals surface area contributed by atoms with Crippen LogP contribution in [0.15, 0.2) is 48.5 Å². The van der Waals surface area contributed by atoms with Crippen LogP contribution in [-0.2, 0) is 0 Å². The van der Waals surface area contributed by atoms with E-state index in [1.54, 1.807) is 0 Å². The van der Waals surface area contributed by atoms with Crippen LogP contribution in [0.5, 0.6) is 11.5 Å². The Morgan fingerprint density at radius 3 is 2.40 bits per heavy atom. The normalized spacial score (nSPS) is 10.9. The summed E-state index contributed by atoms with van der Waals surface area (Å²) in [6.07, 6.45) is 0. The monoisotopic (exact) mass is 200 g/mol. The number of benzene rings is 2. The van der Waals surface area contributed by atoms with E-state index in [1.165, 1.54) is 0 Å². The minimum atomic E-state index is 0.423. The molecular weight excluding hydrogens is 184 g/mol. The molecule has 0 aliphatic heterocycles. The lowest BCUT2D eigenvalue weighted by molar-refractivity contribution is 0.482. The highest BCUT2D eigenvalue weighted by Gasteiger charge is 1.98. The zero-order valence-electron chi connectivity index (χ0n) is 9.95. The maximum absolute atomic E-state index is 7.83. The van der Waals surface area contributed by atoms with Crippen molar-refractivity contribution < 1.29 is 6.11 Å². The summed E-state index contributed by atoms with van der Waals surface area (Å²) in [7, 11) is 0. The number of aryl methyl sites for hydroxylation is 2. The second-order valence-electron chi connectivity index (χ2n) is 3.58. The molecule has 0 bridgehead atoms. The van der Waals surface area contributed by atoms with Crippen molar-refractivity contribution in [3.63, 3.8) is 0 Å². The molecule has 0 unspecified atom stereocenters. The van der Waals surface area contributed by atoms with Crippen LogP contribution < -0.4 is 4.74 Å². The van der Waals surface area contributed by atoms with Gasteiger partial charge in [0.25, 0.3) is 0 Å². The summed E-state index contributed by atoms with van der Waals surface area (Å²) in [5, 5.41) is 0. The van der Waals surface area contributed by atoms with Crippen LogP contribution in [0.25, 0.3) is 0 Å². The van der Waals surface area contributed by atoms with Crippen LogP contribution in [0.3, 0.4) is 0 Å². The van der Waals surface area contributed by atoms with Gasteiger partial charge in [-0.3, -0.25) is 0 Å². The third kappa shape index (κ3) is 2.38. The van der Waals surface area contributed by atoms with Crippen molar-refractivity contribution in [2.24, 2.45) is 0 Å². The van der Waals surface area contributed by atoms with Crippen molar-refractivity contribution in [3.8, 4) is 11.5 Å². The molecule has 0 saturated carbocycles. The first-order valence-corrected chi connectivity index (χ1v) is 4.97. The zero-order valence-corrected chi connectivity index (χ0v) is 8.95.